The van der Waals surface area contributed by atoms with Crippen LogP contribution < -0.4 is 4.90 Å². The number of nitrogens with zero attached hydrogens (tertiary/aromatic N) is 2. The molecule has 2 aliphatic rings. The Morgan fingerprint density at radius 3 is 1.56 bits per heavy atom. The summed E-state index contributed by atoms with van der Waals surface area (Å²) >= 11 is 0. The average Bonchev–Trinajstić information content (AvgIpc) is 3.51. The summed E-state index contributed by atoms with van der Waals surface area (Å²) in [6, 6.07) is 58.8. The van der Waals surface area contributed by atoms with Crippen LogP contribution in [0.15, 0.2) is 158 Å². The van der Waals surface area contributed by atoms with Gasteiger partial charge in [-0.05, 0) is 80.6 Å². The molecule has 1 aromatic heterocycles. The van der Waals surface area contributed by atoms with E-state index in [2.05, 4.69) is 195 Å². The Morgan fingerprint density at radius 2 is 0.904 bits per heavy atom. The van der Waals surface area contributed by atoms with E-state index < -0.39 is 0 Å². The molecule has 0 atom stereocenters. The first kappa shape index (κ1) is 29.6. The summed E-state index contributed by atoms with van der Waals surface area (Å²) in [4.78, 5) is 2.44. The highest BCUT2D eigenvalue weighted by Crippen LogP contribution is 2.56. The molecule has 3 heterocycles. The Labute approximate surface area is 304 Å². The number of rotatable bonds is 4. The Bertz CT molecular complexity index is 2870. The zero-order chi connectivity index (χ0) is 34.9. The van der Waals surface area contributed by atoms with Crippen molar-refractivity contribution in [1.82, 2.24) is 4.57 Å². The highest BCUT2D eigenvalue weighted by Gasteiger charge is 2.43. The van der Waals surface area contributed by atoms with Gasteiger partial charge < -0.3 is 9.47 Å². The van der Waals surface area contributed by atoms with E-state index in [-0.39, 0.29) is 10.8 Å². The zero-order valence-corrected chi connectivity index (χ0v) is 29.9. The van der Waals surface area contributed by atoms with E-state index in [0.717, 1.165) is 5.69 Å². The van der Waals surface area contributed by atoms with Crippen LogP contribution in [-0.4, -0.2) is 4.57 Å². The number of fused-ring (bicyclic) bond motifs is 3. The van der Waals surface area contributed by atoms with E-state index in [9.17, 15) is 0 Å². The highest BCUT2D eigenvalue weighted by atomic mass is 15.1. The van der Waals surface area contributed by atoms with Gasteiger partial charge in [0.1, 0.15) is 0 Å². The Balaban J connectivity index is 1.13. The maximum Gasteiger partial charge on any atom is 0.0582 e. The second-order valence-corrected chi connectivity index (χ2v) is 15.8. The summed E-state index contributed by atoms with van der Waals surface area (Å²) in [7, 11) is 0. The van der Waals surface area contributed by atoms with Gasteiger partial charge in [-0.3, -0.25) is 0 Å². The molecule has 0 unspecified atom stereocenters. The third-order valence-corrected chi connectivity index (χ3v) is 12.3. The molecule has 0 saturated heterocycles. The summed E-state index contributed by atoms with van der Waals surface area (Å²) < 4.78 is 2.61. The van der Waals surface area contributed by atoms with Crippen LogP contribution in [0.1, 0.15) is 49.9 Å². The van der Waals surface area contributed by atoms with Crippen molar-refractivity contribution in [3.8, 4) is 16.8 Å². The third-order valence-electron chi connectivity index (χ3n) is 12.3. The molecule has 52 heavy (non-hydrogen) atoms. The second-order valence-electron chi connectivity index (χ2n) is 15.8. The van der Waals surface area contributed by atoms with E-state index in [1.807, 2.05) is 0 Å². The molecule has 0 bridgehead atoms. The van der Waals surface area contributed by atoms with Gasteiger partial charge in [-0.25, -0.2) is 0 Å². The van der Waals surface area contributed by atoms with E-state index in [1.165, 1.54) is 93.8 Å². The van der Waals surface area contributed by atoms with Crippen molar-refractivity contribution in [2.24, 2.45) is 0 Å². The fraction of sp³-hybridized carbons (Fsp3) is 0.120. The molecule has 2 heteroatoms. The molecular formula is C50H38N2. The van der Waals surface area contributed by atoms with Crippen LogP contribution in [0.5, 0.6) is 0 Å². The summed E-state index contributed by atoms with van der Waals surface area (Å²) in [6.07, 6.45) is 0. The SMILES string of the molecule is CC1(C)c2cccc3c2-n2c4c1cccc4c1cc(-c4ccc(N(c5cccc6ccccc56)c5cccc6ccccc56)cc4)cc(c12)C3(C)C. The fourth-order valence-corrected chi connectivity index (χ4v) is 9.67. The Morgan fingerprint density at radius 1 is 0.404 bits per heavy atom. The summed E-state index contributed by atoms with van der Waals surface area (Å²) in [5.74, 6) is 0. The molecule has 2 nitrogen and oxygen atoms in total. The Hall–Kier alpha value is -6.12. The number of hydrogen-bond acceptors (Lipinski definition) is 1. The predicted molar refractivity (Wildman–Crippen MR) is 220 cm³/mol. The van der Waals surface area contributed by atoms with Crippen LogP contribution in [0.4, 0.5) is 17.1 Å². The van der Waals surface area contributed by atoms with Crippen molar-refractivity contribution in [1.29, 1.82) is 0 Å². The molecule has 9 aromatic rings. The second kappa shape index (κ2) is 10.2. The zero-order valence-electron chi connectivity index (χ0n) is 29.9. The molecule has 8 aromatic carbocycles. The van der Waals surface area contributed by atoms with Gasteiger partial charge in [-0.1, -0.05) is 149 Å². The monoisotopic (exact) mass is 666 g/mol. The van der Waals surface area contributed by atoms with E-state index in [4.69, 9.17) is 0 Å². The van der Waals surface area contributed by atoms with Crippen molar-refractivity contribution in [2.75, 3.05) is 4.90 Å². The molecule has 0 N–H and O–H groups in total. The molecule has 0 aliphatic carbocycles. The minimum atomic E-state index is -0.156. The van der Waals surface area contributed by atoms with Crippen molar-refractivity contribution in [3.63, 3.8) is 0 Å². The number of para-hydroxylation sites is 2. The normalized spacial score (nSPS) is 14.8. The maximum absolute atomic E-state index is 2.61. The summed E-state index contributed by atoms with van der Waals surface area (Å²) in [5.41, 5.74) is 15.5. The number of benzene rings is 8. The lowest BCUT2D eigenvalue weighted by Gasteiger charge is -2.42. The standard InChI is InChI=1S/C50H38N2/c1-49(2)40-20-11-19-38-39-29-34(30-43-47(39)52(46(38)40)48-41(49)21-12-22-42(48)50(43,3)4)31-25-27-35(28-26-31)51(44-23-9-15-32-13-5-7-17-36(32)44)45-24-10-16-33-14-6-8-18-37(33)45/h5-30H,1-4H3. The maximum atomic E-state index is 2.61. The summed E-state index contributed by atoms with van der Waals surface area (Å²) in [6.45, 7) is 9.63. The lowest BCUT2D eigenvalue weighted by atomic mass is 9.68. The number of anilines is 3. The highest BCUT2D eigenvalue weighted by molar-refractivity contribution is 6.15. The third kappa shape index (κ3) is 3.79. The van der Waals surface area contributed by atoms with E-state index in [1.54, 1.807) is 0 Å². The van der Waals surface area contributed by atoms with Gasteiger partial charge in [-0.15, -0.1) is 0 Å². The number of hydrogen-bond donors (Lipinski definition) is 0. The molecule has 11 rings (SSSR count). The Kier molecular flexibility index (Phi) is 5.83. The first-order chi connectivity index (χ1) is 25.3. The lowest BCUT2D eigenvalue weighted by molar-refractivity contribution is 0.594. The quantitative estimate of drug-likeness (QED) is 0.181. The lowest BCUT2D eigenvalue weighted by Crippen LogP contribution is -2.33. The molecule has 248 valence electrons. The topological polar surface area (TPSA) is 8.17 Å². The van der Waals surface area contributed by atoms with Gasteiger partial charge in [-0.2, -0.15) is 0 Å². The fourth-order valence-electron chi connectivity index (χ4n) is 9.67. The largest absolute Gasteiger partial charge is 0.309 e. The van der Waals surface area contributed by atoms with Crippen LogP contribution in [0, 0.1) is 0 Å². The first-order valence-electron chi connectivity index (χ1n) is 18.4. The van der Waals surface area contributed by atoms with Gasteiger partial charge in [0.05, 0.1) is 28.1 Å². The van der Waals surface area contributed by atoms with Crippen LogP contribution in [0.25, 0.3) is 60.2 Å². The molecule has 0 fully saturated rings. The van der Waals surface area contributed by atoms with Crippen LogP contribution in [-0.2, 0) is 10.8 Å². The van der Waals surface area contributed by atoms with E-state index in [0.29, 0.717) is 0 Å². The molecule has 2 aliphatic heterocycles. The van der Waals surface area contributed by atoms with Crippen molar-refractivity contribution >= 4 is 60.4 Å². The minimum absolute atomic E-state index is 0.0818. The number of aromatic nitrogens is 1. The van der Waals surface area contributed by atoms with Gasteiger partial charge in [0.2, 0.25) is 0 Å². The molecule has 0 radical (unpaired) electrons. The molecule has 0 saturated carbocycles. The van der Waals surface area contributed by atoms with Crippen LogP contribution in [0.2, 0.25) is 0 Å². The van der Waals surface area contributed by atoms with Crippen LogP contribution >= 0.6 is 0 Å². The molecule has 0 amide bonds. The summed E-state index contributed by atoms with van der Waals surface area (Å²) in [5, 5.41) is 7.61. The van der Waals surface area contributed by atoms with Gasteiger partial charge >= 0.3 is 0 Å². The van der Waals surface area contributed by atoms with Gasteiger partial charge in [0.25, 0.3) is 0 Å². The van der Waals surface area contributed by atoms with Crippen LogP contribution in [0.3, 0.4) is 0 Å². The minimum Gasteiger partial charge on any atom is -0.309 e. The smallest absolute Gasteiger partial charge is 0.0582 e. The van der Waals surface area contributed by atoms with Crippen molar-refractivity contribution < 1.29 is 0 Å². The predicted octanol–water partition coefficient (Wildman–Crippen LogP) is 13.5. The first-order valence-corrected chi connectivity index (χ1v) is 18.4. The average molecular weight is 667 g/mol. The van der Waals surface area contributed by atoms with Gasteiger partial charge in [0.15, 0.2) is 0 Å². The molecule has 0 spiro atoms. The van der Waals surface area contributed by atoms with Crippen molar-refractivity contribution in [2.45, 2.75) is 38.5 Å². The van der Waals surface area contributed by atoms with Crippen molar-refractivity contribution in [3.05, 3.63) is 180 Å². The van der Waals surface area contributed by atoms with E-state index >= 15 is 0 Å². The van der Waals surface area contributed by atoms with Gasteiger partial charge in [0, 0.05) is 38.1 Å². The molecular weight excluding hydrogens is 629 g/mol.